The monoisotopic (exact) mass is 287 g/mol. The number of rotatable bonds is 7. The Labute approximate surface area is 120 Å². The summed E-state index contributed by atoms with van der Waals surface area (Å²) >= 11 is 5.82. The van der Waals surface area contributed by atoms with Gasteiger partial charge in [-0.1, -0.05) is 31.5 Å². The van der Waals surface area contributed by atoms with Gasteiger partial charge in [0.15, 0.2) is 0 Å². The van der Waals surface area contributed by atoms with Gasteiger partial charge in [-0.3, -0.25) is 0 Å². The van der Waals surface area contributed by atoms with E-state index in [1.807, 2.05) is 14.0 Å². The summed E-state index contributed by atoms with van der Waals surface area (Å²) in [5, 5.41) is 3.46. The molecule has 0 bridgehead atoms. The molecule has 1 rings (SSSR count). The van der Waals surface area contributed by atoms with Crippen molar-refractivity contribution in [2.24, 2.45) is 5.92 Å². The standard InChI is InChI=1S/C15H23ClFNO/c1-5-19-15(10(2)3)14(18-4)9-11-6-7-13(17)12(16)8-11/h6-8,10,14-15,18H,5,9H2,1-4H3. The third-order valence-electron chi connectivity index (χ3n) is 3.22. The Balaban J connectivity index is 2.82. The minimum Gasteiger partial charge on any atom is -0.377 e. The van der Waals surface area contributed by atoms with Crippen LogP contribution in [0, 0.1) is 11.7 Å². The van der Waals surface area contributed by atoms with Gasteiger partial charge in [-0.2, -0.15) is 0 Å². The smallest absolute Gasteiger partial charge is 0.141 e. The van der Waals surface area contributed by atoms with Gasteiger partial charge in [-0.25, -0.2) is 4.39 Å². The predicted octanol–water partition coefficient (Wildman–Crippen LogP) is 3.67. The van der Waals surface area contributed by atoms with Gasteiger partial charge in [-0.15, -0.1) is 0 Å². The Kier molecular flexibility index (Phi) is 6.76. The topological polar surface area (TPSA) is 21.3 Å². The summed E-state index contributed by atoms with van der Waals surface area (Å²) in [7, 11) is 1.92. The Morgan fingerprint density at radius 2 is 2.05 bits per heavy atom. The minimum atomic E-state index is -0.378. The van der Waals surface area contributed by atoms with Crippen LogP contribution < -0.4 is 5.32 Å². The molecule has 0 fully saturated rings. The first-order chi connectivity index (χ1) is 8.99. The third kappa shape index (κ3) is 4.75. The number of benzene rings is 1. The van der Waals surface area contributed by atoms with Gasteiger partial charge >= 0.3 is 0 Å². The average Bonchev–Trinajstić information content (AvgIpc) is 2.37. The maximum atomic E-state index is 13.2. The molecule has 4 heteroatoms. The summed E-state index contributed by atoms with van der Waals surface area (Å²) in [6.07, 6.45) is 0.887. The second-order valence-corrected chi connectivity index (χ2v) is 5.42. The molecule has 0 aliphatic rings. The summed E-state index contributed by atoms with van der Waals surface area (Å²) in [5.41, 5.74) is 1.01. The quantitative estimate of drug-likeness (QED) is 0.826. The number of hydrogen-bond donors (Lipinski definition) is 1. The first-order valence-electron chi connectivity index (χ1n) is 6.72. The molecule has 19 heavy (non-hydrogen) atoms. The van der Waals surface area contributed by atoms with E-state index in [2.05, 4.69) is 19.2 Å². The van der Waals surface area contributed by atoms with Gasteiger partial charge in [0.1, 0.15) is 5.82 Å². The van der Waals surface area contributed by atoms with Crippen LogP contribution in [-0.2, 0) is 11.2 Å². The van der Waals surface area contributed by atoms with E-state index < -0.39 is 0 Å². The molecule has 0 saturated carbocycles. The van der Waals surface area contributed by atoms with Crippen LogP contribution in [0.4, 0.5) is 4.39 Å². The fourth-order valence-electron chi connectivity index (χ4n) is 2.27. The summed E-state index contributed by atoms with van der Waals surface area (Å²) in [6.45, 7) is 6.96. The maximum Gasteiger partial charge on any atom is 0.141 e. The van der Waals surface area contributed by atoms with E-state index in [1.165, 1.54) is 6.07 Å². The molecule has 0 radical (unpaired) electrons. The fraction of sp³-hybridized carbons (Fsp3) is 0.600. The number of nitrogens with one attached hydrogen (secondary N) is 1. The van der Waals surface area contributed by atoms with Crippen LogP contribution in [0.2, 0.25) is 5.02 Å². The highest BCUT2D eigenvalue weighted by Gasteiger charge is 2.24. The zero-order valence-corrected chi connectivity index (χ0v) is 12.8. The molecule has 1 aromatic carbocycles. The van der Waals surface area contributed by atoms with Crippen LogP contribution in [0.25, 0.3) is 0 Å². The molecule has 0 heterocycles. The van der Waals surface area contributed by atoms with Crippen molar-refractivity contribution < 1.29 is 9.13 Å². The molecule has 0 aromatic heterocycles. The van der Waals surface area contributed by atoms with Gasteiger partial charge in [0.2, 0.25) is 0 Å². The van der Waals surface area contributed by atoms with E-state index in [4.69, 9.17) is 16.3 Å². The molecule has 1 N–H and O–H groups in total. The van der Waals surface area contributed by atoms with E-state index in [0.29, 0.717) is 12.5 Å². The second-order valence-electron chi connectivity index (χ2n) is 5.01. The van der Waals surface area contributed by atoms with Crippen LogP contribution in [-0.4, -0.2) is 25.8 Å². The minimum absolute atomic E-state index is 0.124. The van der Waals surface area contributed by atoms with E-state index in [0.717, 1.165) is 12.0 Å². The zero-order chi connectivity index (χ0) is 14.4. The molecule has 108 valence electrons. The van der Waals surface area contributed by atoms with E-state index in [1.54, 1.807) is 12.1 Å². The van der Waals surface area contributed by atoms with Gasteiger partial charge in [0.25, 0.3) is 0 Å². The van der Waals surface area contributed by atoms with Crippen molar-refractivity contribution in [3.63, 3.8) is 0 Å². The molecule has 0 aliphatic carbocycles. The summed E-state index contributed by atoms with van der Waals surface area (Å²) < 4.78 is 19.0. The molecule has 0 aliphatic heterocycles. The number of likely N-dealkylation sites (N-methyl/N-ethyl adjacent to an activating group) is 1. The Hall–Kier alpha value is -0.640. The molecular weight excluding hydrogens is 265 g/mol. The summed E-state index contributed by atoms with van der Waals surface area (Å²) in [6, 6.07) is 5.05. The van der Waals surface area contributed by atoms with Crippen molar-refractivity contribution in [3.8, 4) is 0 Å². The normalized spacial score (nSPS) is 14.7. The molecule has 2 nitrogen and oxygen atoms in total. The Morgan fingerprint density at radius 3 is 2.53 bits per heavy atom. The molecular formula is C15H23ClFNO. The van der Waals surface area contributed by atoms with Gasteiger partial charge in [0, 0.05) is 12.6 Å². The van der Waals surface area contributed by atoms with Crippen molar-refractivity contribution >= 4 is 11.6 Å². The van der Waals surface area contributed by atoms with Gasteiger partial charge in [-0.05, 0) is 44.0 Å². The van der Waals surface area contributed by atoms with E-state index in [-0.39, 0.29) is 23.0 Å². The molecule has 2 atom stereocenters. The van der Waals surface area contributed by atoms with Crippen LogP contribution >= 0.6 is 11.6 Å². The summed E-state index contributed by atoms with van der Waals surface area (Å²) in [4.78, 5) is 0. The van der Waals surface area contributed by atoms with Crippen LogP contribution in [0.15, 0.2) is 18.2 Å². The van der Waals surface area contributed by atoms with Crippen molar-refractivity contribution in [1.29, 1.82) is 0 Å². The van der Waals surface area contributed by atoms with Gasteiger partial charge < -0.3 is 10.1 Å². The van der Waals surface area contributed by atoms with Crippen molar-refractivity contribution in [1.82, 2.24) is 5.32 Å². The number of halogens is 2. The average molecular weight is 288 g/mol. The van der Waals surface area contributed by atoms with Crippen LogP contribution in [0.5, 0.6) is 0 Å². The predicted molar refractivity (Wildman–Crippen MR) is 78.2 cm³/mol. The highest BCUT2D eigenvalue weighted by molar-refractivity contribution is 6.30. The molecule has 0 amide bonds. The summed E-state index contributed by atoms with van der Waals surface area (Å²) in [5.74, 6) is 0.0324. The van der Waals surface area contributed by atoms with E-state index in [9.17, 15) is 4.39 Å². The van der Waals surface area contributed by atoms with Gasteiger partial charge in [0.05, 0.1) is 11.1 Å². The maximum absolute atomic E-state index is 13.2. The molecule has 2 unspecified atom stereocenters. The highest BCUT2D eigenvalue weighted by atomic mass is 35.5. The third-order valence-corrected chi connectivity index (χ3v) is 3.51. The largest absolute Gasteiger partial charge is 0.377 e. The molecule has 1 aromatic rings. The molecule has 0 saturated heterocycles. The van der Waals surface area contributed by atoms with Crippen molar-refractivity contribution in [3.05, 3.63) is 34.6 Å². The zero-order valence-electron chi connectivity index (χ0n) is 12.0. The lowest BCUT2D eigenvalue weighted by atomic mass is 9.94. The number of hydrogen-bond acceptors (Lipinski definition) is 2. The van der Waals surface area contributed by atoms with Crippen LogP contribution in [0.1, 0.15) is 26.3 Å². The lowest BCUT2D eigenvalue weighted by Crippen LogP contribution is -2.44. The lowest BCUT2D eigenvalue weighted by Gasteiger charge is -2.30. The first-order valence-corrected chi connectivity index (χ1v) is 7.10. The Morgan fingerprint density at radius 1 is 1.37 bits per heavy atom. The lowest BCUT2D eigenvalue weighted by molar-refractivity contribution is 0.00535. The van der Waals surface area contributed by atoms with Crippen LogP contribution in [0.3, 0.4) is 0 Å². The Bertz CT molecular complexity index is 398. The second kappa shape index (κ2) is 7.83. The van der Waals surface area contributed by atoms with Crippen molar-refractivity contribution in [2.45, 2.75) is 39.3 Å². The first kappa shape index (κ1) is 16.4. The van der Waals surface area contributed by atoms with Crippen molar-refractivity contribution in [2.75, 3.05) is 13.7 Å². The van der Waals surface area contributed by atoms with E-state index >= 15 is 0 Å². The SMILES string of the molecule is CCOC(C(C)C)C(Cc1ccc(F)c(Cl)c1)NC. The number of ether oxygens (including phenoxy) is 1. The highest BCUT2D eigenvalue weighted by Crippen LogP contribution is 2.20. The fourth-order valence-corrected chi connectivity index (χ4v) is 2.47. The molecule has 0 spiro atoms.